The van der Waals surface area contributed by atoms with Gasteiger partial charge in [0, 0.05) is 18.8 Å². The maximum atomic E-state index is 13.0. The van der Waals surface area contributed by atoms with E-state index in [1.807, 2.05) is 0 Å². The van der Waals surface area contributed by atoms with E-state index < -0.39 is 6.03 Å². The van der Waals surface area contributed by atoms with Crippen molar-refractivity contribution < 1.29 is 14.3 Å². The summed E-state index contributed by atoms with van der Waals surface area (Å²) in [6.45, 7) is 2.16. The van der Waals surface area contributed by atoms with Crippen LogP contribution in [-0.2, 0) is 0 Å². The fraction of sp³-hybridized carbons (Fsp3) is 0.364. The number of rotatable bonds is 4. The van der Waals surface area contributed by atoms with Gasteiger partial charge in [-0.25, -0.2) is 9.18 Å². The number of urea groups is 1. The minimum absolute atomic E-state index is 0.0271. The summed E-state index contributed by atoms with van der Waals surface area (Å²) in [5.74, 6) is -0.384. The molecule has 1 aromatic carbocycles. The Morgan fingerprint density at radius 3 is 2.81 bits per heavy atom. The number of amides is 2. The van der Waals surface area contributed by atoms with Gasteiger partial charge in [0.15, 0.2) is 0 Å². The average molecular weight is 226 g/mol. The van der Waals surface area contributed by atoms with Gasteiger partial charge in [-0.1, -0.05) is 0 Å². The predicted octanol–water partition coefficient (Wildman–Crippen LogP) is 1.64. The number of benzene rings is 1. The first kappa shape index (κ1) is 12.4. The number of carbonyl (C=O) groups excluding carboxylic acids is 1. The topological polar surface area (TPSA) is 61.4 Å². The lowest BCUT2D eigenvalue weighted by Crippen LogP contribution is -2.29. The fourth-order valence-electron chi connectivity index (χ4n) is 1.26. The van der Waals surface area contributed by atoms with Crippen LogP contribution in [-0.4, -0.2) is 24.3 Å². The molecule has 0 saturated heterocycles. The number of anilines is 1. The maximum Gasteiger partial charge on any atom is 0.319 e. The van der Waals surface area contributed by atoms with Crippen molar-refractivity contribution in [2.45, 2.75) is 13.3 Å². The number of nitrogens with one attached hydrogen (secondary N) is 2. The summed E-state index contributed by atoms with van der Waals surface area (Å²) in [5, 5.41) is 13.6. The van der Waals surface area contributed by atoms with Gasteiger partial charge in [0.25, 0.3) is 0 Å². The Morgan fingerprint density at radius 1 is 1.44 bits per heavy atom. The number of halogens is 1. The Morgan fingerprint density at radius 2 is 2.19 bits per heavy atom. The highest BCUT2D eigenvalue weighted by Gasteiger charge is 2.02. The van der Waals surface area contributed by atoms with Gasteiger partial charge in [0.1, 0.15) is 5.82 Å². The van der Waals surface area contributed by atoms with E-state index in [9.17, 15) is 9.18 Å². The minimum atomic E-state index is -0.404. The molecule has 0 atom stereocenters. The largest absolute Gasteiger partial charge is 0.396 e. The Labute approximate surface area is 93.5 Å². The van der Waals surface area contributed by atoms with Crippen LogP contribution < -0.4 is 10.6 Å². The van der Waals surface area contributed by atoms with Crippen LogP contribution in [0, 0.1) is 12.7 Å². The van der Waals surface area contributed by atoms with Crippen molar-refractivity contribution in [3.63, 3.8) is 0 Å². The molecule has 5 heteroatoms. The second-order valence-electron chi connectivity index (χ2n) is 3.48. The normalized spacial score (nSPS) is 9.94. The van der Waals surface area contributed by atoms with Gasteiger partial charge in [0.05, 0.1) is 0 Å². The van der Waals surface area contributed by atoms with E-state index in [1.165, 1.54) is 12.1 Å². The molecule has 0 spiro atoms. The molecule has 0 aliphatic heterocycles. The molecule has 0 aliphatic rings. The quantitative estimate of drug-likeness (QED) is 0.683. The van der Waals surface area contributed by atoms with Crippen LogP contribution in [0.1, 0.15) is 12.0 Å². The van der Waals surface area contributed by atoms with Crippen molar-refractivity contribution in [3.05, 3.63) is 29.6 Å². The summed E-state index contributed by atoms with van der Waals surface area (Å²) in [4.78, 5) is 11.3. The van der Waals surface area contributed by atoms with Crippen molar-refractivity contribution in [2.24, 2.45) is 0 Å². The van der Waals surface area contributed by atoms with Crippen LogP contribution in [0.2, 0.25) is 0 Å². The molecule has 4 nitrogen and oxygen atoms in total. The zero-order chi connectivity index (χ0) is 12.0. The number of hydrogen-bond donors (Lipinski definition) is 3. The monoisotopic (exact) mass is 226 g/mol. The van der Waals surface area contributed by atoms with Gasteiger partial charge >= 0.3 is 6.03 Å². The molecular weight excluding hydrogens is 211 g/mol. The van der Waals surface area contributed by atoms with E-state index >= 15 is 0 Å². The summed E-state index contributed by atoms with van der Waals surface area (Å²) >= 11 is 0. The third-order valence-electron chi connectivity index (χ3n) is 1.92. The van der Waals surface area contributed by atoms with Crippen LogP contribution in [0.5, 0.6) is 0 Å². The molecule has 0 bridgehead atoms. The van der Waals surface area contributed by atoms with Crippen molar-refractivity contribution in [3.8, 4) is 0 Å². The van der Waals surface area contributed by atoms with Crippen molar-refractivity contribution in [1.82, 2.24) is 5.32 Å². The van der Waals surface area contributed by atoms with E-state index in [-0.39, 0.29) is 12.4 Å². The molecule has 0 saturated carbocycles. The van der Waals surface area contributed by atoms with Gasteiger partial charge in [-0.2, -0.15) is 0 Å². The Balaban J connectivity index is 2.49. The van der Waals surface area contributed by atoms with E-state index in [2.05, 4.69) is 10.6 Å². The predicted molar refractivity (Wildman–Crippen MR) is 59.9 cm³/mol. The van der Waals surface area contributed by atoms with Crippen LogP contribution in [0.25, 0.3) is 0 Å². The molecule has 0 heterocycles. The lowest BCUT2D eigenvalue weighted by Gasteiger charge is -2.07. The van der Waals surface area contributed by atoms with E-state index in [0.29, 0.717) is 18.7 Å². The molecule has 2 amide bonds. The van der Waals surface area contributed by atoms with E-state index in [4.69, 9.17) is 5.11 Å². The molecule has 0 fully saturated rings. The second kappa shape index (κ2) is 6.07. The molecule has 3 N–H and O–H groups in total. The SMILES string of the molecule is Cc1cc(F)cc(NC(=O)NCCCO)c1. The highest BCUT2D eigenvalue weighted by atomic mass is 19.1. The minimum Gasteiger partial charge on any atom is -0.396 e. The van der Waals surface area contributed by atoms with Crippen molar-refractivity contribution in [2.75, 3.05) is 18.5 Å². The van der Waals surface area contributed by atoms with Gasteiger partial charge in [0.2, 0.25) is 0 Å². The maximum absolute atomic E-state index is 13.0. The van der Waals surface area contributed by atoms with Crippen LogP contribution in [0.4, 0.5) is 14.9 Å². The van der Waals surface area contributed by atoms with E-state index in [0.717, 1.165) is 5.56 Å². The first-order valence-electron chi connectivity index (χ1n) is 5.04. The molecule has 0 aromatic heterocycles. The van der Waals surface area contributed by atoms with Crippen LogP contribution in [0.3, 0.4) is 0 Å². The smallest absolute Gasteiger partial charge is 0.319 e. The summed E-state index contributed by atoms with van der Waals surface area (Å²) in [7, 11) is 0. The number of aliphatic hydroxyl groups excluding tert-OH is 1. The molecular formula is C11H15FN2O2. The standard InChI is InChI=1S/C11H15FN2O2/c1-8-5-9(12)7-10(6-8)14-11(16)13-3-2-4-15/h5-7,15H,2-4H2,1H3,(H2,13,14,16). The van der Waals surface area contributed by atoms with Gasteiger partial charge in [-0.05, 0) is 37.1 Å². The van der Waals surface area contributed by atoms with Gasteiger partial charge in [-0.3, -0.25) is 0 Å². The first-order chi connectivity index (χ1) is 7.61. The van der Waals surface area contributed by atoms with Crippen molar-refractivity contribution in [1.29, 1.82) is 0 Å². The molecule has 1 rings (SSSR count). The lowest BCUT2D eigenvalue weighted by molar-refractivity contribution is 0.249. The van der Waals surface area contributed by atoms with Crippen LogP contribution >= 0.6 is 0 Å². The Kier molecular flexibility index (Phi) is 4.72. The van der Waals surface area contributed by atoms with Gasteiger partial charge in [-0.15, -0.1) is 0 Å². The Bertz CT molecular complexity index is 349. The van der Waals surface area contributed by atoms with E-state index in [1.54, 1.807) is 13.0 Å². The third-order valence-corrected chi connectivity index (χ3v) is 1.92. The summed E-state index contributed by atoms with van der Waals surface area (Å²) in [6, 6.07) is 3.90. The fourth-order valence-corrected chi connectivity index (χ4v) is 1.26. The third kappa shape index (κ3) is 4.27. The number of carbonyl (C=O) groups is 1. The average Bonchev–Trinajstić information content (AvgIpc) is 2.16. The second-order valence-corrected chi connectivity index (χ2v) is 3.48. The number of hydrogen-bond acceptors (Lipinski definition) is 2. The molecule has 1 aromatic rings. The highest BCUT2D eigenvalue weighted by Crippen LogP contribution is 2.12. The molecule has 16 heavy (non-hydrogen) atoms. The lowest BCUT2D eigenvalue weighted by atomic mass is 10.2. The molecule has 0 radical (unpaired) electrons. The first-order valence-corrected chi connectivity index (χ1v) is 5.04. The zero-order valence-electron chi connectivity index (χ0n) is 9.09. The molecule has 0 unspecified atom stereocenters. The summed E-state index contributed by atoms with van der Waals surface area (Å²) in [5.41, 5.74) is 1.16. The van der Waals surface area contributed by atoms with Crippen LogP contribution in [0.15, 0.2) is 18.2 Å². The highest BCUT2D eigenvalue weighted by molar-refractivity contribution is 5.89. The molecule has 88 valence electrons. The van der Waals surface area contributed by atoms with Crippen molar-refractivity contribution >= 4 is 11.7 Å². The number of aryl methyl sites for hydroxylation is 1. The number of aliphatic hydroxyl groups is 1. The zero-order valence-corrected chi connectivity index (χ0v) is 9.09. The summed E-state index contributed by atoms with van der Waals surface area (Å²) in [6.07, 6.45) is 0.496. The Hall–Kier alpha value is -1.62. The molecule has 0 aliphatic carbocycles. The summed E-state index contributed by atoms with van der Waals surface area (Å²) < 4.78 is 13.0. The van der Waals surface area contributed by atoms with Gasteiger partial charge < -0.3 is 15.7 Å².